The van der Waals surface area contributed by atoms with Crippen LogP contribution >= 0.6 is 0 Å². The zero-order valence-electron chi connectivity index (χ0n) is 15.1. The largest absolute Gasteiger partial charge is 0.467 e. The molecule has 2 aromatic heterocycles. The maximum absolute atomic E-state index is 12.4. The highest BCUT2D eigenvalue weighted by Gasteiger charge is 2.14. The lowest BCUT2D eigenvalue weighted by Gasteiger charge is -2.19. The number of anilines is 2. The van der Waals surface area contributed by atoms with E-state index in [1.807, 2.05) is 36.4 Å². The molecule has 6 nitrogen and oxygen atoms in total. The van der Waals surface area contributed by atoms with Gasteiger partial charge in [0.15, 0.2) is 0 Å². The third-order valence-corrected chi connectivity index (χ3v) is 3.93. The first kappa shape index (κ1) is 17.7. The Morgan fingerprint density at radius 1 is 1.12 bits per heavy atom. The van der Waals surface area contributed by atoms with E-state index in [1.165, 1.54) is 11.9 Å². The molecule has 0 saturated carbocycles. The minimum atomic E-state index is -0.281. The van der Waals surface area contributed by atoms with Gasteiger partial charge in [-0.05, 0) is 35.2 Å². The molecule has 2 heterocycles. The predicted octanol–water partition coefficient (Wildman–Crippen LogP) is 4.23. The normalized spacial score (nSPS) is 11.2. The summed E-state index contributed by atoms with van der Waals surface area (Å²) >= 11 is 0. The van der Waals surface area contributed by atoms with Crippen LogP contribution in [0.4, 0.5) is 11.5 Å². The van der Waals surface area contributed by atoms with Crippen molar-refractivity contribution in [3.63, 3.8) is 0 Å². The maximum Gasteiger partial charge on any atom is 0.274 e. The molecule has 3 rings (SSSR count). The average molecular weight is 350 g/mol. The van der Waals surface area contributed by atoms with Crippen molar-refractivity contribution in [3.8, 4) is 0 Å². The van der Waals surface area contributed by atoms with Crippen molar-refractivity contribution in [2.45, 2.75) is 32.7 Å². The summed E-state index contributed by atoms with van der Waals surface area (Å²) in [5.74, 6) is 1.06. The van der Waals surface area contributed by atoms with Crippen molar-refractivity contribution in [2.24, 2.45) is 0 Å². The minimum absolute atomic E-state index is 0.0732. The smallest absolute Gasteiger partial charge is 0.274 e. The molecule has 134 valence electrons. The highest BCUT2D eigenvalue weighted by atomic mass is 16.3. The van der Waals surface area contributed by atoms with Crippen LogP contribution in [0.25, 0.3) is 0 Å². The number of nitrogens with one attached hydrogen (secondary N) is 2. The number of nitrogens with zero attached hydrogens (tertiary/aromatic N) is 2. The molecule has 0 aliphatic carbocycles. The van der Waals surface area contributed by atoms with E-state index in [4.69, 9.17) is 4.42 Å². The first-order chi connectivity index (χ1) is 12.4. The zero-order chi connectivity index (χ0) is 18.6. The monoisotopic (exact) mass is 350 g/mol. The number of furan rings is 1. The Morgan fingerprint density at radius 3 is 2.54 bits per heavy atom. The first-order valence-electron chi connectivity index (χ1n) is 8.42. The first-order valence-corrected chi connectivity index (χ1v) is 8.42. The number of hydrogen-bond acceptors (Lipinski definition) is 5. The lowest BCUT2D eigenvalue weighted by molar-refractivity contribution is 0.102. The molecule has 0 bridgehead atoms. The summed E-state index contributed by atoms with van der Waals surface area (Å²) in [6.07, 6.45) is 2.98. The molecule has 1 amide bonds. The Labute approximate surface area is 152 Å². The van der Waals surface area contributed by atoms with E-state index in [9.17, 15) is 4.79 Å². The summed E-state index contributed by atoms with van der Waals surface area (Å²) in [5.41, 5.74) is 2.31. The quantitative estimate of drug-likeness (QED) is 0.720. The van der Waals surface area contributed by atoms with Crippen molar-refractivity contribution >= 4 is 17.4 Å². The third kappa shape index (κ3) is 4.47. The van der Waals surface area contributed by atoms with Crippen molar-refractivity contribution in [2.75, 3.05) is 10.6 Å². The second-order valence-electron chi connectivity index (χ2n) is 7.00. The van der Waals surface area contributed by atoms with Crippen LogP contribution in [0.15, 0.2) is 59.5 Å². The molecule has 0 aliphatic rings. The van der Waals surface area contributed by atoms with Crippen molar-refractivity contribution in [1.82, 2.24) is 9.97 Å². The second kappa shape index (κ2) is 7.39. The zero-order valence-corrected chi connectivity index (χ0v) is 15.1. The van der Waals surface area contributed by atoms with Crippen LogP contribution in [0.3, 0.4) is 0 Å². The fourth-order valence-electron chi connectivity index (χ4n) is 2.42. The Balaban J connectivity index is 1.65. The molecule has 3 aromatic rings. The fraction of sp³-hybridized carbons (Fsp3) is 0.250. The summed E-state index contributed by atoms with van der Waals surface area (Å²) in [5, 5.41) is 5.96. The van der Waals surface area contributed by atoms with Gasteiger partial charge in [-0.2, -0.15) is 0 Å². The Hall–Kier alpha value is -3.15. The topological polar surface area (TPSA) is 80.0 Å². The standard InChI is InChI=1S/C20H22N4O2/c1-20(2,3)14-6-8-15(9-7-14)24-19(25)17-11-18(23-13-22-17)21-12-16-5-4-10-26-16/h4-11,13H,12H2,1-3H3,(H,24,25)(H,21,22,23). The minimum Gasteiger partial charge on any atom is -0.467 e. The molecule has 0 radical (unpaired) electrons. The highest BCUT2D eigenvalue weighted by molar-refractivity contribution is 6.03. The fourth-order valence-corrected chi connectivity index (χ4v) is 2.42. The molecular weight excluding hydrogens is 328 g/mol. The van der Waals surface area contributed by atoms with Gasteiger partial charge in [0.1, 0.15) is 23.6 Å². The van der Waals surface area contributed by atoms with Crippen molar-refractivity contribution in [3.05, 3.63) is 72.1 Å². The molecule has 2 N–H and O–H groups in total. The maximum atomic E-state index is 12.4. The van der Waals surface area contributed by atoms with Crippen molar-refractivity contribution < 1.29 is 9.21 Å². The van der Waals surface area contributed by atoms with Crippen LogP contribution in [0.2, 0.25) is 0 Å². The predicted molar refractivity (Wildman–Crippen MR) is 101 cm³/mol. The number of carbonyl (C=O) groups excluding carboxylic acids is 1. The van der Waals surface area contributed by atoms with Gasteiger partial charge < -0.3 is 15.1 Å². The lowest BCUT2D eigenvalue weighted by atomic mass is 9.87. The van der Waals surface area contributed by atoms with E-state index >= 15 is 0 Å². The number of rotatable bonds is 5. The van der Waals surface area contributed by atoms with E-state index in [1.54, 1.807) is 12.3 Å². The molecule has 6 heteroatoms. The van der Waals surface area contributed by atoms with Crippen LogP contribution in [-0.2, 0) is 12.0 Å². The van der Waals surface area contributed by atoms with Gasteiger partial charge in [-0.25, -0.2) is 9.97 Å². The van der Waals surface area contributed by atoms with Gasteiger partial charge >= 0.3 is 0 Å². The number of carbonyl (C=O) groups is 1. The van der Waals surface area contributed by atoms with E-state index in [0.717, 1.165) is 11.4 Å². The molecule has 0 aliphatic heterocycles. The number of benzene rings is 1. The molecule has 1 aromatic carbocycles. The molecule has 0 spiro atoms. The molecule has 0 atom stereocenters. The van der Waals surface area contributed by atoms with Gasteiger partial charge in [-0.15, -0.1) is 0 Å². The van der Waals surface area contributed by atoms with E-state index in [0.29, 0.717) is 18.1 Å². The number of amides is 1. The van der Waals surface area contributed by atoms with Gasteiger partial charge in [-0.3, -0.25) is 4.79 Å². The van der Waals surface area contributed by atoms with Gasteiger partial charge in [-0.1, -0.05) is 32.9 Å². The van der Waals surface area contributed by atoms with Gasteiger partial charge in [0.05, 0.1) is 12.8 Å². The van der Waals surface area contributed by atoms with Crippen molar-refractivity contribution in [1.29, 1.82) is 0 Å². The van der Waals surface area contributed by atoms with Crippen LogP contribution in [0, 0.1) is 0 Å². The summed E-state index contributed by atoms with van der Waals surface area (Å²) in [7, 11) is 0. The number of aromatic nitrogens is 2. The second-order valence-corrected chi connectivity index (χ2v) is 7.00. The Bertz CT molecular complexity index is 866. The molecule has 0 unspecified atom stereocenters. The Kier molecular flexibility index (Phi) is 5.02. The van der Waals surface area contributed by atoms with E-state index in [2.05, 4.69) is 41.4 Å². The van der Waals surface area contributed by atoms with Gasteiger partial charge in [0, 0.05) is 11.8 Å². The number of hydrogen-bond donors (Lipinski definition) is 2. The van der Waals surface area contributed by atoms with E-state index in [-0.39, 0.29) is 11.3 Å². The molecule has 26 heavy (non-hydrogen) atoms. The summed E-state index contributed by atoms with van der Waals surface area (Å²) in [6, 6.07) is 13.1. The lowest BCUT2D eigenvalue weighted by Crippen LogP contribution is -2.15. The average Bonchev–Trinajstić information content (AvgIpc) is 3.13. The Morgan fingerprint density at radius 2 is 1.88 bits per heavy atom. The summed E-state index contributed by atoms with van der Waals surface area (Å²) in [6.45, 7) is 6.94. The SMILES string of the molecule is CC(C)(C)c1ccc(NC(=O)c2cc(NCc3ccco3)ncn2)cc1. The van der Waals surface area contributed by atoms with Gasteiger partial charge in [0.2, 0.25) is 0 Å². The van der Waals surface area contributed by atoms with Crippen LogP contribution < -0.4 is 10.6 Å². The van der Waals surface area contributed by atoms with Crippen LogP contribution in [0.5, 0.6) is 0 Å². The highest BCUT2D eigenvalue weighted by Crippen LogP contribution is 2.23. The molecule has 0 fully saturated rings. The van der Waals surface area contributed by atoms with Gasteiger partial charge in [0.25, 0.3) is 5.91 Å². The van der Waals surface area contributed by atoms with Crippen LogP contribution in [-0.4, -0.2) is 15.9 Å². The molecule has 0 saturated heterocycles. The van der Waals surface area contributed by atoms with E-state index < -0.39 is 0 Å². The van der Waals surface area contributed by atoms with Crippen LogP contribution in [0.1, 0.15) is 42.6 Å². The summed E-state index contributed by atoms with van der Waals surface area (Å²) < 4.78 is 5.26. The molecular formula is C20H22N4O2. The third-order valence-electron chi connectivity index (χ3n) is 3.93. The summed E-state index contributed by atoms with van der Waals surface area (Å²) in [4.78, 5) is 20.6.